The first-order valence-corrected chi connectivity index (χ1v) is 13.4. The zero-order valence-electron chi connectivity index (χ0n) is 23.1. The molecule has 0 aliphatic heterocycles. The number of ketones is 4. The van der Waals surface area contributed by atoms with E-state index in [1.165, 1.54) is 31.1 Å². The summed E-state index contributed by atoms with van der Waals surface area (Å²) in [6.07, 6.45) is -1.77. The maximum Gasteiger partial charge on any atom is 0.310 e. The van der Waals surface area contributed by atoms with Crippen LogP contribution in [0.4, 0.5) is 5.69 Å². The van der Waals surface area contributed by atoms with Crippen LogP contribution in [0.5, 0.6) is 5.75 Å². The lowest BCUT2D eigenvalue weighted by Gasteiger charge is -2.56. The Bertz CT molecular complexity index is 1530. The fraction of sp³-hybridized carbons (Fsp3) is 0.400. The molecule has 3 aliphatic carbocycles. The van der Waals surface area contributed by atoms with Gasteiger partial charge in [0.05, 0.1) is 29.9 Å². The van der Waals surface area contributed by atoms with Crippen LogP contribution in [0, 0.1) is 23.7 Å². The highest BCUT2D eigenvalue weighted by Gasteiger charge is 2.74. The first kappa shape index (κ1) is 29.1. The summed E-state index contributed by atoms with van der Waals surface area (Å²) in [4.78, 5) is 82.4. The molecule has 0 heterocycles. The van der Waals surface area contributed by atoms with E-state index in [0.717, 1.165) is 0 Å². The molecular formula is C30H31N3O9. The van der Waals surface area contributed by atoms with E-state index in [1.807, 2.05) is 0 Å². The summed E-state index contributed by atoms with van der Waals surface area (Å²) in [5, 5.41) is 22.6. The molecule has 0 radical (unpaired) electrons. The number of aliphatic hydroxyl groups is 1. The number of Topliss-reactive ketones (excluding diaryl/α,β-unsaturated/α-hetero) is 4. The monoisotopic (exact) mass is 577 g/mol. The van der Waals surface area contributed by atoms with Gasteiger partial charge in [0.1, 0.15) is 11.9 Å². The van der Waals surface area contributed by atoms with E-state index >= 15 is 0 Å². The van der Waals surface area contributed by atoms with Gasteiger partial charge in [-0.3, -0.25) is 33.7 Å². The number of nitrogen functional groups attached to an aromatic ring is 1. The highest BCUT2D eigenvalue weighted by molar-refractivity contribution is 6.32. The number of ether oxygens (including phenoxy) is 1. The minimum absolute atomic E-state index is 0.149. The number of nitrogens with zero attached hydrogens (tertiary/aromatic N) is 1. The molecule has 8 atom stereocenters. The molecule has 2 aromatic rings. The van der Waals surface area contributed by atoms with E-state index in [2.05, 4.69) is 0 Å². The standard InChI is InChI=1S/C30H31N3O9/c1-12-15-5-4-6-16(34)19(15)24(36)20-18(12)26(42-17(35)11-13-7-9-14(31)10-8-13)22-23(33(2)3)25(37)21(29(32)40)28(39)30(22,41)27(20)38/h4-10,12,18,20-23,26,34,41H,11,31H2,1-3H3,(H2,32,40)/t12-,18+,20?,21?,22+,23?,26-,30-/m0/s1. The Kier molecular flexibility index (Phi) is 7.02. The molecule has 0 bridgehead atoms. The fourth-order valence-corrected chi connectivity index (χ4v) is 7.06. The number of primary amides is 1. The van der Waals surface area contributed by atoms with Crippen molar-refractivity contribution in [3.63, 3.8) is 0 Å². The number of phenols is 1. The molecule has 3 aliphatic rings. The van der Waals surface area contributed by atoms with E-state index in [0.29, 0.717) is 16.8 Å². The van der Waals surface area contributed by atoms with Crippen LogP contribution in [0.1, 0.15) is 34.3 Å². The summed E-state index contributed by atoms with van der Waals surface area (Å²) in [5.74, 6) is -14.5. The zero-order chi connectivity index (χ0) is 30.8. The number of nitrogens with two attached hydrogens (primary N) is 2. The Morgan fingerprint density at radius 1 is 1.02 bits per heavy atom. The van der Waals surface area contributed by atoms with Crippen LogP contribution in [-0.2, 0) is 35.1 Å². The molecule has 2 aromatic carbocycles. The topological polar surface area (TPSA) is 207 Å². The van der Waals surface area contributed by atoms with Gasteiger partial charge < -0.3 is 26.4 Å². The predicted molar refractivity (Wildman–Crippen MR) is 146 cm³/mol. The zero-order valence-corrected chi connectivity index (χ0v) is 23.1. The Hall–Kier alpha value is -4.42. The van der Waals surface area contributed by atoms with Crippen LogP contribution in [0.25, 0.3) is 0 Å². The van der Waals surface area contributed by atoms with Gasteiger partial charge in [-0.2, -0.15) is 0 Å². The highest BCUT2D eigenvalue weighted by Crippen LogP contribution is 2.55. The van der Waals surface area contributed by atoms with Crippen molar-refractivity contribution in [2.24, 2.45) is 29.4 Å². The summed E-state index contributed by atoms with van der Waals surface area (Å²) in [6, 6.07) is 9.33. The molecule has 12 nitrogen and oxygen atoms in total. The largest absolute Gasteiger partial charge is 0.507 e. The Morgan fingerprint density at radius 2 is 1.67 bits per heavy atom. The van der Waals surface area contributed by atoms with Gasteiger partial charge in [-0.15, -0.1) is 0 Å². The molecular weight excluding hydrogens is 546 g/mol. The fourth-order valence-electron chi connectivity index (χ4n) is 7.06. The van der Waals surface area contributed by atoms with Crippen LogP contribution in [0.15, 0.2) is 42.5 Å². The third-order valence-corrected chi connectivity index (χ3v) is 8.92. The molecule has 0 saturated heterocycles. The van der Waals surface area contributed by atoms with Crippen LogP contribution in [0.3, 0.4) is 0 Å². The smallest absolute Gasteiger partial charge is 0.310 e. The van der Waals surface area contributed by atoms with Crippen molar-refractivity contribution in [1.82, 2.24) is 4.90 Å². The second-order valence-electron chi connectivity index (χ2n) is 11.5. The van der Waals surface area contributed by atoms with Crippen molar-refractivity contribution < 1.29 is 43.7 Å². The predicted octanol–water partition coefficient (Wildman–Crippen LogP) is -0.225. The number of aromatic hydroxyl groups is 1. The number of hydrogen-bond donors (Lipinski definition) is 4. The molecule has 0 aromatic heterocycles. The Morgan fingerprint density at radius 3 is 2.26 bits per heavy atom. The van der Waals surface area contributed by atoms with Crippen LogP contribution >= 0.6 is 0 Å². The Labute approximate surface area is 240 Å². The molecule has 2 fully saturated rings. The first-order valence-electron chi connectivity index (χ1n) is 13.4. The van der Waals surface area contributed by atoms with Crippen molar-refractivity contribution >= 4 is 40.7 Å². The van der Waals surface area contributed by atoms with Crippen molar-refractivity contribution in [3.8, 4) is 5.75 Å². The second-order valence-corrected chi connectivity index (χ2v) is 11.5. The number of rotatable bonds is 5. The van der Waals surface area contributed by atoms with Gasteiger partial charge in [-0.25, -0.2) is 0 Å². The minimum atomic E-state index is -3.08. The number of carbonyl (C=O) groups is 6. The highest BCUT2D eigenvalue weighted by atomic mass is 16.5. The number of phenolic OH excluding ortho intramolecular Hbond substituents is 1. The number of esters is 1. The van der Waals surface area contributed by atoms with Gasteiger partial charge in [0.2, 0.25) is 5.91 Å². The van der Waals surface area contributed by atoms with E-state index < -0.39 is 88.1 Å². The average Bonchev–Trinajstić information content (AvgIpc) is 2.91. The summed E-state index contributed by atoms with van der Waals surface area (Å²) in [5.41, 5.74) is 9.29. The number of fused-ring (bicyclic) bond motifs is 3. The van der Waals surface area contributed by atoms with Gasteiger partial charge >= 0.3 is 5.97 Å². The van der Waals surface area contributed by atoms with Crippen molar-refractivity contribution in [1.29, 1.82) is 0 Å². The number of hydrogen-bond acceptors (Lipinski definition) is 11. The molecule has 2 saturated carbocycles. The minimum Gasteiger partial charge on any atom is -0.507 e. The molecule has 1 amide bonds. The average molecular weight is 578 g/mol. The van der Waals surface area contributed by atoms with Gasteiger partial charge in [0.25, 0.3) is 0 Å². The summed E-state index contributed by atoms with van der Waals surface area (Å²) in [7, 11) is 2.90. The molecule has 3 unspecified atom stereocenters. The van der Waals surface area contributed by atoms with Crippen molar-refractivity contribution in [3.05, 3.63) is 59.2 Å². The van der Waals surface area contributed by atoms with Crippen LogP contribution in [0.2, 0.25) is 0 Å². The van der Waals surface area contributed by atoms with Crippen LogP contribution in [-0.4, -0.2) is 82.0 Å². The van der Waals surface area contributed by atoms with Gasteiger partial charge in [-0.05, 0) is 49.3 Å². The quantitative estimate of drug-likeness (QED) is 0.207. The lowest BCUT2D eigenvalue weighted by molar-refractivity contribution is -0.205. The van der Waals surface area contributed by atoms with Gasteiger partial charge in [0, 0.05) is 11.6 Å². The van der Waals surface area contributed by atoms with E-state index in [-0.39, 0.29) is 12.0 Å². The molecule has 5 rings (SSSR count). The molecule has 6 N–H and O–H groups in total. The third-order valence-electron chi connectivity index (χ3n) is 8.92. The molecule has 0 spiro atoms. The normalized spacial score (nSPS) is 32.2. The Balaban J connectivity index is 1.70. The van der Waals surface area contributed by atoms with E-state index in [1.54, 1.807) is 37.3 Å². The second kappa shape index (κ2) is 10.1. The first-order chi connectivity index (χ1) is 19.7. The number of benzene rings is 2. The van der Waals surface area contributed by atoms with Crippen molar-refractivity contribution in [2.75, 3.05) is 19.8 Å². The number of anilines is 1. The summed E-state index contributed by atoms with van der Waals surface area (Å²) in [6.45, 7) is 1.67. The number of amides is 1. The summed E-state index contributed by atoms with van der Waals surface area (Å²) >= 11 is 0. The lowest BCUT2D eigenvalue weighted by Crippen LogP contribution is -2.78. The molecule has 12 heteroatoms. The number of carbonyl (C=O) groups excluding carboxylic acids is 6. The number of likely N-dealkylation sites (N-methyl/N-ethyl adjacent to an activating group) is 1. The molecule has 220 valence electrons. The summed E-state index contributed by atoms with van der Waals surface area (Å²) < 4.78 is 5.97. The van der Waals surface area contributed by atoms with E-state index in [4.69, 9.17) is 16.2 Å². The maximum atomic E-state index is 14.2. The van der Waals surface area contributed by atoms with E-state index in [9.17, 15) is 39.0 Å². The van der Waals surface area contributed by atoms with Crippen molar-refractivity contribution in [2.45, 2.75) is 37.0 Å². The lowest BCUT2D eigenvalue weighted by atomic mass is 9.49. The maximum absolute atomic E-state index is 14.2. The third kappa shape index (κ3) is 4.12. The van der Waals surface area contributed by atoms with Gasteiger partial charge in [-0.1, -0.05) is 31.2 Å². The van der Waals surface area contributed by atoms with Crippen LogP contribution < -0.4 is 11.5 Å². The molecule has 42 heavy (non-hydrogen) atoms. The van der Waals surface area contributed by atoms with Gasteiger partial charge in [0.15, 0.2) is 34.7 Å². The SMILES string of the molecule is C[C@H]1c2cccc(O)c2C(=O)C2C(=O)[C@]3(O)C(=O)C(C(N)=O)C(=O)C(N(C)C)[C@@H]3[C@@H](OC(=O)Cc3ccc(N)cc3)[C@@H]21.